The second-order valence-electron chi connectivity index (χ2n) is 7.86. The summed E-state index contributed by atoms with van der Waals surface area (Å²) in [6, 6.07) is 3.62. The number of aryl methyl sites for hydroxylation is 1. The third kappa shape index (κ3) is 5.14. The van der Waals surface area contributed by atoms with Gasteiger partial charge in [0.15, 0.2) is 0 Å². The van der Waals surface area contributed by atoms with E-state index in [1.165, 1.54) is 25.5 Å². The van der Waals surface area contributed by atoms with E-state index in [1.54, 1.807) is 6.07 Å². The van der Waals surface area contributed by atoms with Crippen molar-refractivity contribution < 1.29 is 4.79 Å². The van der Waals surface area contributed by atoms with Crippen LogP contribution in [0.4, 0.5) is 0 Å². The summed E-state index contributed by atoms with van der Waals surface area (Å²) in [4.78, 5) is 28.4. The number of nitrogens with one attached hydrogen (secondary N) is 1. The monoisotopic (exact) mass is 346 g/mol. The molecule has 0 spiro atoms. The van der Waals surface area contributed by atoms with Crippen molar-refractivity contribution in [2.45, 2.75) is 52.0 Å². The summed E-state index contributed by atoms with van der Waals surface area (Å²) < 4.78 is 0. The molecule has 3 rings (SSSR count). The number of carbonyl (C=O) groups excluding carboxylic acids is 1. The Hall–Kier alpha value is -1.69. The van der Waals surface area contributed by atoms with E-state index in [0.717, 1.165) is 37.7 Å². The van der Waals surface area contributed by atoms with Gasteiger partial charge in [-0.3, -0.25) is 14.5 Å². The number of hydrogen-bond donors (Lipinski definition) is 1. The van der Waals surface area contributed by atoms with Gasteiger partial charge in [0.2, 0.25) is 5.91 Å². The van der Waals surface area contributed by atoms with Crippen LogP contribution in [0.5, 0.6) is 0 Å². The van der Waals surface area contributed by atoms with Gasteiger partial charge < -0.3 is 4.90 Å². The molecular weight excluding hydrogens is 316 g/mol. The molecule has 25 heavy (non-hydrogen) atoms. The highest BCUT2D eigenvalue weighted by Gasteiger charge is 2.33. The number of hydrogen-bond acceptors (Lipinski definition) is 4. The Kier molecular flexibility index (Phi) is 5.89. The highest BCUT2D eigenvalue weighted by molar-refractivity contribution is 5.76. The van der Waals surface area contributed by atoms with Gasteiger partial charge in [0.25, 0.3) is 5.56 Å². The molecule has 0 aromatic carbocycles. The summed E-state index contributed by atoms with van der Waals surface area (Å²) >= 11 is 0. The maximum Gasteiger partial charge on any atom is 0.264 e. The fourth-order valence-corrected chi connectivity index (χ4v) is 3.69. The van der Waals surface area contributed by atoms with Crippen molar-refractivity contribution in [1.29, 1.82) is 0 Å². The lowest BCUT2D eigenvalue weighted by atomic mass is 10.0. The molecule has 1 aliphatic heterocycles. The van der Waals surface area contributed by atoms with E-state index >= 15 is 0 Å². The second-order valence-corrected chi connectivity index (χ2v) is 7.86. The van der Waals surface area contributed by atoms with Crippen LogP contribution in [0.2, 0.25) is 0 Å². The van der Waals surface area contributed by atoms with Crippen molar-refractivity contribution in [2.24, 2.45) is 11.8 Å². The summed E-state index contributed by atoms with van der Waals surface area (Å²) in [5.41, 5.74) is 0.552. The molecule has 1 aromatic heterocycles. The second kappa shape index (κ2) is 8.13. The maximum absolute atomic E-state index is 12.7. The topological polar surface area (TPSA) is 69.3 Å². The van der Waals surface area contributed by atoms with Crippen LogP contribution in [0, 0.1) is 11.8 Å². The summed E-state index contributed by atoms with van der Waals surface area (Å²) in [7, 11) is 0. The van der Waals surface area contributed by atoms with Crippen LogP contribution in [-0.4, -0.2) is 58.1 Å². The number of amides is 1. The quantitative estimate of drug-likeness (QED) is 0.851. The first-order chi connectivity index (χ1) is 12.0. The average Bonchev–Trinajstić information content (AvgIpc) is 3.41. The summed E-state index contributed by atoms with van der Waals surface area (Å²) in [5.74, 6) is 1.63. The smallest absolute Gasteiger partial charge is 0.264 e. The largest absolute Gasteiger partial charge is 0.341 e. The zero-order chi connectivity index (χ0) is 17.8. The highest BCUT2D eigenvalue weighted by Crippen LogP contribution is 2.31. The highest BCUT2D eigenvalue weighted by atomic mass is 16.2. The van der Waals surface area contributed by atoms with Crippen molar-refractivity contribution in [3.05, 3.63) is 28.2 Å². The summed E-state index contributed by atoms with van der Waals surface area (Å²) in [6.45, 7) is 8.52. The summed E-state index contributed by atoms with van der Waals surface area (Å²) in [6.07, 6.45) is 4.82. The number of aromatic nitrogens is 2. The Morgan fingerprint density at radius 1 is 1.32 bits per heavy atom. The van der Waals surface area contributed by atoms with Crippen molar-refractivity contribution >= 4 is 5.91 Å². The molecule has 1 atom stereocenters. The lowest BCUT2D eigenvalue weighted by molar-refractivity contribution is -0.131. The number of H-pyrrole nitrogens is 1. The van der Waals surface area contributed by atoms with Crippen molar-refractivity contribution in [3.8, 4) is 0 Å². The average molecular weight is 346 g/mol. The SMILES string of the molecule is CC(C)[C@@H]1CN(C(=O)CCc2ccc(=O)[nH]n2)CCCN1CC1CC1. The molecule has 0 radical (unpaired) electrons. The van der Waals surface area contributed by atoms with Gasteiger partial charge >= 0.3 is 0 Å². The molecule has 2 fully saturated rings. The lowest BCUT2D eigenvalue weighted by Gasteiger charge is -2.34. The predicted octanol–water partition coefficient (Wildman–Crippen LogP) is 1.67. The molecule has 1 aromatic rings. The number of aromatic amines is 1. The van der Waals surface area contributed by atoms with Gasteiger partial charge in [-0.15, -0.1) is 0 Å². The van der Waals surface area contributed by atoms with Crippen LogP contribution >= 0.6 is 0 Å². The molecule has 6 heteroatoms. The van der Waals surface area contributed by atoms with Crippen LogP contribution in [0.15, 0.2) is 16.9 Å². The molecule has 138 valence electrons. The fraction of sp³-hybridized carbons (Fsp3) is 0.737. The minimum Gasteiger partial charge on any atom is -0.341 e. The number of nitrogens with zero attached hydrogens (tertiary/aromatic N) is 3. The Labute approximate surface area is 149 Å². The first-order valence-corrected chi connectivity index (χ1v) is 9.59. The van der Waals surface area contributed by atoms with Gasteiger partial charge in [0.1, 0.15) is 0 Å². The van der Waals surface area contributed by atoms with E-state index in [0.29, 0.717) is 24.8 Å². The molecular formula is C19H30N4O2. The van der Waals surface area contributed by atoms with Gasteiger partial charge in [-0.2, -0.15) is 5.10 Å². The van der Waals surface area contributed by atoms with Crippen LogP contribution in [-0.2, 0) is 11.2 Å². The zero-order valence-corrected chi connectivity index (χ0v) is 15.4. The molecule has 1 amide bonds. The van der Waals surface area contributed by atoms with Crippen molar-refractivity contribution in [3.63, 3.8) is 0 Å². The van der Waals surface area contributed by atoms with Crippen LogP contribution in [0.25, 0.3) is 0 Å². The van der Waals surface area contributed by atoms with Gasteiger partial charge in [-0.05, 0) is 37.2 Å². The van der Waals surface area contributed by atoms with E-state index in [9.17, 15) is 9.59 Å². The van der Waals surface area contributed by atoms with E-state index in [-0.39, 0.29) is 11.5 Å². The molecule has 1 aliphatic carbocycles. The Bertz CT molecular complexity index is 618. The van der Waals surface area contributed by atoms with Gasteiger partial charge in [0, 0.05) is 51.1 Å². The number of carbonyl (C=O) groups is 1. The zero-order valence-electron chi connectivity index (χ0n) is 15.4. The first kappa shape index (κ1) is 18.1. The van der Waals surface area contributed by atoms with E-state index in [2.05, 4.69) is 28.9 Å². The summed E-state index contributed by atoms with van der Waals surface area (Å²) in [5, 5.41) is 6.42. The Balaban J connectivity index is 1.57. The van der Waals surface area contributed by atoms with Gasteiger partial charge in [-0.1, -0.05) is 13.8 Å². The van der Waals surface area contributed by atoms with Gasteiger partial charge in [0.05, 0.1) is 5.69 Å². The van der Waals surface area contributed by atoms with Gasteiger partial charge in [-0.25, -0.2) is 5.10 Å². The molecule has 0 bridgehead atoms. The third-order valence-corrected chi connectivity index (χ3v) is 5.39. The minimum absolute atomic E-state index is 0.201. The third-order valence-electron chi connectivity index (χ3n) is 5.39. The van der Waals surface area contributed by atoms with Crippen molar-refractivity contribution in [2.75, 3.05) is 26.2 Å². The van der Waals surface area contributed by atoms with E-state index < -0.39 is 0 Å². The predicted molar refractivity (Wildman–Crippen MR) is 97.3 cm³/mol. The van der Waals surface area contributed by atoms with Crippen molar-refractivity contribution in [1.82, 2.24) is 20.0 Å². The lowest BCUT2D eigenvalue weighted by Crippen LogP contribution is -2.46. The van der Waals surface area contributed by atoms with Crippen LogP contribution in [0.1, 0.15) is 45.2 Å². The number of rotatable bonds is 6. The molecule has 2 heterocycles. The normalized spacial score (nSPS) is 22.2. The molecule has 1 saturated carbocycles. The minimum atomic E-state index is -0.210. The van der Waals surface area contributed by atoms with Crippen LogP contribution < -0.4 is 5.56 Å². The first-order valence-electron chi connectivity index (χ1n) is 9.59. The Morgan fingerprint density at radius 2 is 2.12 bits per heavy atom. The van der Waals surface area contributed by atoms with E-state index in [4.69, 9.17) is 0 Å². The van der Waals surface area contributed by atoms with Crippen LogP contribution in [0.3, 0.4) is 0 Å². The van der Waals surface area contributed by atoms with E-state index in [1.807, 2.05) is 4.90 Å². The molecule has 0 unspecified atom stereocenters. The molecule has 1 saturated heterocycles. The maximum atomic E-state index is 12.7. The fourth-order valence-electron chi connectivity index (χ4n) is 3.69. The molecule has 1 N–H and O–H groups in total. The standard InChI is InChI=1S/C19H30N4O2/c1-14(2)17-13-23(11-3-10-22(17)12-15-4-5-15)19(25)9-7-16-6-8-18(24)21-20-16/h6,8,14-15,17H,3-5,7,9-13H2,1-2H3,(H,21,24)/t17-/m0/s1. The molecule has 2 aliphatic rings. The molecule has 6 nitrogen and oxygen atoms in total. The Morgan fingerprint density at radius 3 is 2.76 bits per heavy atom.